The van der Waals surface area contributed by atoms with Gasteiger partial charge in [0.2, 0.25) is 10.0 Å². The van der Waals surface area contributed by atoms with Crippen LogP contribution >= 0.6 is 0 Å². The molecule has 1 atom stereocenters. The molecule has 2 N–H and O–H groups in total. The molecule has 5 nitrogen and oxygen atoms in total. The van der Waals surface area contributed by atoms with Crippen molar-refractivity contribution in [2.75, 3.05) is 26.7 Å². The van der Waals surface area contributed by atoms with Crippen molar-refractivity contribution in [3.05, 3.63) is 24.3 Å². The summed E-state index contributed by atoms with van der Waals surface area (Å²) >= 11 is 0. The molecule has 0 aromatic heterocycles. The number of hydrogen-bond acceptors (Lipinski definition) is 4. The van der Waals surface area contributed by atoms with Crippen molar-refractivity contribution >= 4 is 10.0 Å². The quantitative estimate of drug-likeness (QED) is 0.817. The average Bonchev–Trinajstić information content (AvgIpc) is 2.92. The molecule has 6 heteroatoms. The Kier molecular flexibility index (Phi) is 4.79. The first kappa shape index (κ1) is 14.3. The van der Waals surface area contributed by atoms with E-state index in [4.69, 9.17) is 4.74 Å². The van der Waals surface area contributed by atoms with Gasteiger partial charge in [0.05, 0.1) is 12.0 Å². The molecule has 1 aromatic carbocycles. The van der Waals surface area contributed by atoms with Crippen LogP contribution in [-0.2, 0) is 10.0 Å². The molecule has 106 valence electrons. The lowest BCUT2D eigenvalue weighted by Crippen LogP contribution is -2.26. The Morgan fingerprint density at radius 1 is 1.47 bits per heavy atom. The van der Waals surface area contributed by atoms with E-state index in [2.05, 4.69) is 10.0 Å². The zero-order valence-corrected chi connectivity index (χ0v) is 11.9. The van der Waals surface area contributed by atoms with Crippen LogP contribution in [-0.4, -0.2) is 35.2 Å². The Balaban J connectivity index is 1.93. The maximum absolute atomic E-state index is 12.1. The minimum atomic E-state index is -3.43. The normalized spacial score (nSPS) is 19.5. The largest absolute Gasteiger partial charge is 0.497 e. The van der Waals surface area contributed by atoms with Crippen LogP contribution in [0.15, 0.2) is 29.2 Å². The predicted octanol–water partition coefficient (Wildman–Crippen LogP) is 0.973. The summed E-state index contributed by atoms with van der Waals surface area (Å²) in [5.41, 5.74) is 0. The van der Waals surface area contributed by atoms with Crippen LogP contribution in [0.5, 0.6) is 5.75 Å². The van der Waals surface area contributed by atoms with Gasteiger partial charge in [0, 0.05) is 12.6 Å². The summed E-state index contributed by atoms with van der Waals surface area (Å²) in [6.07, 6.45) is 2.00. The maximum atomic E-state index is 12.1. The van der Waals surface area contributed by atoms with Gasteiger partial charge in [0.25, 0.3) is 0 Å². The lowest BCUT2D eigenvalue weighted by Gasteiger charge is -2.10. The van der Waals surface area contributed by atoms with Gasteiger partial charge in [0.1, 0.15) is 5.75 Å². The van der Waals surface area contributed by atoms with Crippen molar-refractivity contribution in [1.29, 1.82) is 0 Å². The maximum Gasteiger partial charge on any atom is 0.240 e. The molecule has 1 fully saturated rings. The Morgan fingerprint density at radius 3 is 3.00 bits per heavy atom. The van der Waals surface area contributed by atoms with Crippen LogP contribution in [0.3, 0.4) is 0 Å². The van der Waals surface area contributed by atoms with Gasteiger partial charge >= 0.3 is 0 Å². The summed E-state index contributed by atoms with van der Waals surface area (Å²) in [6, 6.07) is 6.50. The van der Waals surface area contributed by atoms with Crippen molar-refractivity contribution < 1.29 is 13.2 Å². The number of nitrogens with one attached hydrogen (secondary N) is 2. The molecule has 1 aliphatic heterocycles. The van der Waals surface area contributed by atoms with Gasteiger partial charge in [-0.2, -0.15) is 0 Å². The Hall–Kier alpha value is -1.11. The van der Waals surface area contributed by atoms with E-state index in [1.807, 2.05) is 0 Å². The van der Waals surface area contributed by atoms with E-state index < -0.39 is 10.0 Å². The van der Waals surface area contributed by atoms with Crippen LogP contribution in [0.4, 0.5) is 0 Å². The lowest BCUT2D eigenvalue weighted by atomic mass is 10.1. The van der Waals surface area contributed by atoms with Crippen LogP contribution in [0.2, 0.25) is 0 Å². The van der Waals surface area contributed by atoms with Gasteiger partial charge in [-0.1, -0.05) is 6.07 Å². The second-order valence-electron chi connectivity index (χ2n) is 4.72. The van der Waals surface area contributed by atoms with E-state index in [-0.39, 0.29) is 4.90 Å². The summed E-state index contributed by atoms with van der Waals surface area (Å²) in [6.45, 7) is 2.50. The lowest BCUT2D eigenvalue weighted by molar-refractivity contribution is 0.413. The number of rotatable bonds is 6. The highest BCUT2D eigenvalue weighted by Gasteiger charge is 2.17. The topological polar surface area (TPSA) is 67.4 Å². The Bertz CT molecular complexity index is 510. The number of benzene rings is 1. The van der Waals surface area contributed by atoms with Crippen LogP contribution in [0.1, 0.15) is 12.8 Å². The first-order valence-corrected chi connectivity index (χ1v) is 7.94. The molecule has 2 rings (SSSR count). The van der Waals surface area contributed by atoms with Crippen LogP contribution in [0.25, 0.3) is 0 Å². The van der Waals surface area contributed by atoms with Gasteiger partial charge in [0.15, 0.2) is 0 Å². The molecule has 1 heterocycles. The van der Waals surface area contributed by atoms with Crippen molar-refractivity contribution in [1.82, 2.24) is 10.0 Å². The predicted molar refractivity (Wildman–Crippen MR) is 73.8 cm³/mol. The fraction of sp³-hybridized carbons (Fsp3) is 0.538. The first-order chi connectivity index (χ1) is 9.12. The molecule has 1 aliphatic rings. The van der Waals surface area contributed by atoms with Crippen molar-refractivity contribution in [3.63, 3.8) is 0 Å². The summed E-state index contributed by atoms with van der Waals surface area (Å²) < 4.78 is 31.9. The zero-order chi connectivity index (χ0) is 13.7. The van der Waals surface area contributed by atoms with Crippen LogP contribution < -0.4 is 14.8 Å². The fourth-order valence-corrected chi connectivity index (χ4v) is 3.29. The van der Waals surface area contributed by atoms with Gasteiger partial charge in [-0.15, -0.1) is 0 Å². The Labute approximate surface area is 114 Å². The molecule has 0 spiro atoms. The SMILES string of the molecule is COc1cccc(S(=O)(=O)NCCC2CCNC2)c1. The zero-order valence-electron chi connectivity index (χ0n) is 11.1. The molecular formula is C13H20N2O3S. The highest BCUT2D eigenvalue weighted by Crippen LogP contribution is 2.17. The van der Waals surface area contributed by atoms with E-state index in [0.717, 1.165) is 25.9 Å². The molecule has 0 aliphatic carbocycles. The minimum Gasteiger partial charge on any atom is -0.497 e. The summed E-state index contributed by atoms with van der Waals surface area (Å²) in [5.74, 6) is 1.12. The van der Waals surface area contributed by atoms with Gasteiger partial charge < -0.3 is 10.1 Å². The second kappa shape index (κ2) is 6.36. The monoisotopic (exact) mass is 284 g/mol. The molecule has 0 saturated carbocycles. The van der Waals surface area contributed by atoms with Gasteiger partial charge in [-0.05, 0) is 44.0 Å². The number of sulfonamides is 1. The van der Waals surface area contributed by atoms with Crippen molar-refractivity contribution in [2.45, 2.75) is 17.7 Å². The average molecular weight is 284 g/mol. The summed E-state index contributed by atoms with van der Waals surface area (Å²) in [5, 5.41) is 3.27. The van der Waals surface area contributed by atoms with E-state index in [0.29, 0.717) is 18.2 Å². The molecule has 0 bridgehead atoms. The summed E-state index contributed by atoms with van der Waals surface area (Å²) in [7, 11) is -1.91. The van der Waals surface area contributed by atoms with Gasteiger partial charge in [-0.25, -0.2) is 13.1 Å². The Morgan fingerprint density at radius 2 is 2.32 bits per heavy atom. The first-order valence-electron chi connectivity index (χ1n) is 6.46. The third kappa shape index (κ3) is 3.92. The van der Waals surface area contributed by atoms with E-state index in [1.165, 1.54) is 13.2 Å². The minimum absolute atomic E-state index is 0.247. The number of hydrogen-bond donors (Lipinski definition) is 2. The van der Waals surface area contributed by atoms with E-state index >= 15 is 0 Å². The standard InChI is InChI=1S/C13H20N2O3S/c1-18-12-3-2-4-13(9-12)19(16,17)15-8-6-11-5-7-14-10-11/h2-4,9,11,14-15H,5-8,10H2,1H3. The molecule has 0 amide bonds. The third-order valence-corrected chi connectivity index (χ3v) is 4.82. The van der Waals surface area contributed by atoms with Crippen molar-refractivity contribution in [2.24, 2.45) is 5.92 Å². The molecule has 1 aromatic rings. The molecule has 1 saturated heterocycles. The molecular weight excluding hydrogens is 264 g/mol. The fourth-order valence-electron chi connectivity index (χ4n) is 2.21. The van der Waals surface area contributed by atoms with Crippen LogP contribution in [0, 0.1) is 5.92 Å². The molecule has 19 heavy (non-hydrogen) atoms. The van der Waals surface area contributed by atoms with Gasteiger partial charge in [-0.3, -0.25) is 0 Å². The summed E-state index contributed by atoms with van der Waals surface area (Å²) in [4.78, 5) is 0.247. The van der Waals surface area contributed by atoms with E-state index in [9.17, 15) is 8.42 Å². The third-order valence-electron chi connectivity index (χ3n) is 3.36. The van der Waals surface area contributed by atoms with E-state index in [1.54, 1.807) is 18.2 Å². The second-order valence-corrected chi connectivity index (χ2v) is 6.49. The molecule has 0 radical (unpaired) electrons. The smallest absolute Gasteiger partial charge is 0.240 e. The highest BCUT2D eigenvalue weighted by atomic mass is 32.2. The highest BCUT2D eigenvalue weighted by molar-refractivity contribution is 7.89. The number of methoxy groups -OCH3 is 1. The molecule has 1 unspecified atom stereocenters. The number of ether oxygens (including phenoxy) is 1. The van der Waals surface area contributed by atoms with Crippen molar-refractivity contribution in [3.8, 4) is 5.75 Å².